The van der Waals surface area contributed by atoms with Crippen LogP contribution in [0.2, 0.25) is 5.02 Å². The second kappa shape index (κ2) is 8.71. The molecule has 1 heterocycles. The topological polar surface area (TPSA) is 111 Å². The minimum Gasteiger partial charge on any atom is -0.497 e. The van der Waals surface area contributed by atoms with Gasteiger partial charge in [0.05, 0.1) is 28.5 Å². The van der Waals surface area contributed by atoms with Crippen LogP contribution in [-0.4, -0.2) is 39.7 Å². The lowest BCUT2D eigenvalue weighted by Gasteiger charge is -2.19. The number of nitrogens with one attached hydrogen (secondary N) is 2. The number of halogens is 1. The highest BCUT2D eigenvalue weighted by Crippen LogP contribution is 2.36. The second-order valence-electron chi connectivity index (χ2n) is 6.31. The summed E-state index contributed by atoms with van der Waals surface area (Å²) in [6.45, 7) is 0.0457. The van der Waals surface area contributed by atoms with E-state index in [1.807, 2.05) is 6.07 Å². The largest absolute Gasteiger partial charge is 0.497 e. The molecular weight excluding hydrogens is 420 g/mol. The first-order chi connectivity index (χ1) is 13.8. The number of rotatable bonds is 7. The predicted molar refractivity (Wildman–Crippen MR) is 107 cm³/mol. The molecule has 1 aliphatic rings. The third-order valence-corrected chi connectivity index (χ3v) is 6.40. The van der Waals surface area contributed by atoms with Crippen LogP contribution in [0.1, 0.15) is 12.0 Å². The number of ether oxygens (including phenoxy) is 2. The highest BCUT2D eigenvalue weighted by Gasteiger charge is 2.25. The van der Waals surface area contributed by atoms with Gasteiger partial charge in [0.1, 0.15) is 11.5 Å². The average molecular weight is 439 g/mol. The van der Waals surface area contributed by atoms with Gasteiger partial charge in [0.15, 0.2) is 16.4 Å². The summed E-state index contributed by atoms with van der Waals surface area (Å²) in [5, 5.41) is 5.18. The first-order valence-electron chi connectivity index (χ1n) is 8.67. The van der Waals surface area contributed by atoms with Crippen LogP contribution in [0.4, 0.5) is 5.69 Å². The van der Waals surface area contributed by atoms with Crippen molar-refractivity contribution in [2.24, 2.45) is 0 Å². The molecule has 3 rings (SSSR count). The van der Waals surface area contributed by atoms with E-state index in [9.17, 15) is 18.0 Å². The molecule has 0 unspecified atom stereocenters. The van der Waals surface area contributed by atoms with Crippen molar-refractivity contribution < 1.29 is 27.5 Å². The highest BCUT2D eigenvalue weighted by molar-refractivity contribution is 7.91. The van der Waals surface area contributed by atoms with Gasteiger partial charge in [-0.2, -0.15) is 0 Å². The Morgan fingerprint density at radius 1 is 1.31 bits per heavy atom. The molecule has 0 saturated carbocycles. The summed E-state index contributed by atoms with van der Waals surface area (Å²) in [7, 11) is -2.28. The van der Waals surface area contributed by atoms with Crippen molar-refractivity contribution in [2.75, 3.05) is 24.8 Å². The van der Waals surface area contributed by atoms with Gasteiger partial charge in [0.25, 0.3) is 5.91 Å². The fraction of sp³-hybridized carbons (Fsp3) is 0.263. The smallest absolute Gasteiger partial charge is 0.262 e. The Labute approximate surface area is 173 Å². The quantitative estimate of drug-likeness (QED) is 0.685. The van der Waals surface area contributed by atoms with Crippen LogP contribution in [0, 0.1) is 0 Å². The fourth-order valence-corrected chi connectivity index (χ4v) is 4.56. The summed E-state index contributed by atoms with van der Waals surface area (Å²) >= 11 is 6.08. The second-order valence-corrected chi connectivity index (χ2v) is 8.80. The first kappa shape index (κ1) is 20.9. The lowest BCUT2D eigenvalue weighted by molar-refractivity contribution is -0.121. The molecule has 0 spiro atoms. The normalized spacial score (nSPS) is 13.1. The fourth-order valence-electron chi connectivity index (χ4n) is 2.73. The van der Waals surface area contributed by atoms with Gasteiger partial charge in [-0.3, -0.25) is 9.59 Å². The van der Waals surface area contributed by atoms with Gasteiger partial charge in [-0.15, -0.1) is 0 Å². The van der Waals surface area contributed by atoms with Crippen molar-refractivity contribution in [1.29, 1.82) is 0 Å². The zero-order chi connectivity index (χ0) is 21.0. The van der Waals surface area contributed by atoms with Gasteiger partial charge in [-0.1, -0.05) is 23.7 Å². The van der Waals surface area contributed by atoms with E-state index in [0.29, 0.717) is 11.4 Å². The van der Waals surface area contributed by atoms with Gasteiger partial charge in [-0.05, 0) is 23.8 Å². The lowest BCUT2D eigenvalue weighted by atomic mass is 10.2. The Morgan fingerprint density at radius 3 is 2.86 bits per heavy atom. The van der Waals surface area contributed by atoms with Crippen LogP contribution in [0.25, 0.3) is 0 Å². The van der Waals surface area contributed by atoms with Gasteiger partial charge < -0.3 is 20.1 Å². The standard InChI is InChI=1S/C19H19ClN2O6S/c1-27-13-4-2-3-12(7-13)10-21-18(23)5-6-29(25,26)17-9-16-15(8-14(17)20)22-19(24)11-28-16/h2-4,7-9H,5-6,10-11H2,1H3,(H,21,23)(H,22,24). The van der Waals surface area contributed by atoms with E-state index in [-0.39, 0.29) is 41.1 Å². The maximum atomic E-state index is 12.6. The van der Waals surface area contributed by atoms with Crippen molar-refractivity contribution >= 4 is 38.9 Å². The van der Waals surface area contributed by atoms with Gasteiger partial charge in [0, 0.05) is 19.0 Å². The Morgan fingerprint density at radius 2 is 2.10 bits per heavy atom. The molecule has 2 aromatic rings. The number of carbonyl (C=O) groups is 2. The first-order valence-corrected chi connectivity index (χ1v) is 10.7. The van der Waals surface area contributed by atoms with Gasteiger partial charge in [-0.25, -0.2) is 8.42 Å². The monoisotopic (exact) mass is 438 g/mol. The molecular formula is C19H19ClN2O6S. The van der Waals surface area contributed by atoms with Crippen LogP contribution in [-0.2, 0) is 26.0 Å². The van der Waals surface area contributed by atoms with Crippen LogP contribution in [0.3, 0.4) is 0 Å². The molecule has 0 bridgehead atoms. The Bertz CT molecular complexity index is 1050. The minimum absolute atomic E-state index is 0.0497. The van der Waals surface area contributed by atoms with Crippen LogP contribution < -0.4 is 20.1 Å². The zero-order valence-corrected chi connectivity index (χ0v) is 17.1. The number of sulfone groups is 1. The summed E-state index contributed by atoms with van der Waals surface area (Å²) in [6.07, 6.45) is -0.225. The molecule has 0 radical (unpaired) electrons. The molecule has 8 nitrogen and oxygen atoms in total. The summed E-state index contributed by atoms with van der Waals surface area (Å²) in [6, 6.07) is 9.78. The molecule has 29 heavy (non-hydrogen) atoms. The van der Waals surface area contributed by atoms with Crippen LogP contribution in [0.5, 0.6) is 11.5 Å². The van der Waals surface area contributed by atoms with E-state index in [0.717, 1.165) is 5.56 Å². The zero-order valence-electron chi connectivity index (χ0n) is 15.5. The summed E-state index contributed by atoms with van der Waals surface area (Å²) in [5.74, 6) is -0.289. The van der Waals surface area contributed by atoms with Crippen molar-refractivity contribution in [3.63, 3.8) is 0 Å². The molecule has 0 saturated heterocycles. The predicted octanol–water partition coefficient (Wildman–Crippen LogP) is 2.16. The molecule has 2 aromatic carbocycles. The van der Waals surface area contributed by atoms with Crippen molar-refractivity contribution in [2.45, 2.75) is 17.9 Å². The minimum atomic E-state index is -3.83. The Kier molecular flexibility index (Phi) is 6.29. The van der Waals surface area contributed by atoms with Crippen molar-refractivity contribution in [1.82, 2.24) is 5.32 Å². The van der Waals surface area contributed by atoms with Gasteiger partial charge >= 0.3 is 0 Å². The number of hydrogen-bond donors (Lipinski definition) is 2. The third-order valence-electron chi connectivity index (χ3n) is 4.22. The lowest BCUT2D eigenvalue weighted by Crippen LogP contribution is -2.26. The molecule has 2 N–H and O–H groups in total. The molecule has 0 atom stereocenters. The summed E-state index contributed by atoms with van der Waals surface area (Å²) in [5.41, 5.74) is 1.14. The van der Waals surface area contributed by atoms with E-state index in [1.165, 1.54) is 12.1 Å². The SMILES string of the molecule is COc1cccc(CNC(=O)CCS(=O)(=O)c2cc3c(cc2Cl)NC(=O)CO3)c1. The van der Waals surface area contributed by atoms with E-state index in [4.69, 9.17) is 21.1 Å². The number of amides is 2. The molecule has 0 fully saturated rings. The number of carbonyl (C=O) groups excluding carboxylic acids is 2. The van der Waals surface area contributed by atoms with Crippen molar-refractivity contribution in [3.05, 3.63) is 47.0 Å². The van der Waals surface area contributed by atoms with Gasteiger partial charge in [0.2, 0.25) is 5.91 Å². The molecule has 0 aliphatic carbocycles. The van der Waals surface area contributed by atoms with E-state index >= 15 is 0 Å². The van der Waals surface area contributed by atoms with E-state index in [2.05, 4.69) is 10.6 Å². The highest BCUT2D eigenvalue weighted by atomic mass is 35.5. The maximum Gasteiger partial charge on any atom is 0.262 e. The van der Waals surface area contributed by atoms with E-state index in [1.54, 1.807) is 25.3 Å². The molecule has 0 aromatic heterocycles. The van der Waals surface area contributed by atoms with Crippen molar-refractivity contribution in [3.8, 4) is 11.5 Å². The van der Waals surface area contributed by atoms with Crippen LogP contribution >= 0.6 is 11.6 Å². The number of anilines is 1. The molecule has 1 aliphatic heterocycles. The summed E-state index contributed by atoms with van der Waals surface area (Å²) < 4.78 is 35.6. The number of benzene rings is 2. The van der Waals surface area contributed by atoms with E-state index < -0.39 is 21.5 Å². The van der Waals surface area contributed by atoms with Crippen LogP contribution in [0.15, 0.2) is 41.3 Å². The number of methoxy groups -OCH3 is 1. The number of fused-ring (bicyclic) bond motifs is 1. The Hall–Kier alpha value is -2.78. The maximum absolute atomic E-state index is 12.6. The molecule has 154 valence electrons. The average Bonchev–Trinajstić information content (AvgIpc) is 2.70. The molecule has 10 heteroatoms. The molecule has 2 amide bonds. The summed E-state index contributed by atoms with van der Waals surface area (Å²) in [4.78, 5) is 23.3. The Balaban J connectivity index is 1.62. The third kappa shape index (κ3) is 5.18. The number of hydrogen-bond acceptors (Lipinski definition) is 6.